The van der Waals surface area contributed by atoms with Crippen molar-refractivity contribution in [2.24, 2.45) is 0 Å². The number of anilines is 2. The summed E-state index contributed by atoms with van der Waals surface area (Å²) < 4.78 is 0. The number of rotatable bonds is 6. The van der Waals surface area contributed by atoms with Crippen molar-refractivity contribution in [3.63, 3.8) is 0 Å². The predicted molar refractivity (Wildman–Crippen MR) is 79.7 cm³/mol. The van der Waals surface area contributed by atoms with Gasteiger partial charge in [-0.25, -0.2) is 9.97 Å². The molecule has 0 bridgehead atoms. The summed E-state index contributed by atoms with van der Waals surface area (Å²) in [5, 5.41) is 6.71. The van der Waals surface area contributed by atoms with Crippen molar-refractivity contribution >= 4 is 11.6 Å². The molecular formula is C14H25N5. The first kappa shape index (κ1) is 14.1. The van der Waals surface area contributed by atoms with Crippen LogP contribution in [-0.2, 0) is 0 Å². The van der Waals surface area contributed by atoms with Gasteiger partial charge in [-0.3, -0.25) is 0 Å². The van der Waals surface area contributed by atoms with E-state index in [1.54, 1.807) is 0 Å². The quantitative estimate of drug-likeness (QED) is 0.823. The van der Waals surface area contributed by atoms with Crippen molar-refractivity contribution in [1.29, 1.82) is 0 Å². The van der Waals surface area contributed by atoms with Gasteiger partial charge in [0.15, 0.2) is 0 Å². The fourth-order valence-electron chi connectivity index (χ4n) is 2.56. The van der Waals surface area contributed by atoms with E-state index in [4.69, 9.17) is 0 Å². The van der Waals surface area contributed by atoms with Crippen molar-refractivity contribution < 1.29 is 0 Å². The highest BCUT2D eigenvalue weighted by Gasteiger charge is 2.15. The number of hydrogen-bond acceptors (Lipinski definition) is 5. The molecule has 1 unspecified atom stereocenters. The molecular weight excluding hydrogens is 238 g/mol. The van der Waals surface area contributed by atoms with Gasteiger partial charge in [-0.15, -0.1) is 0 Å². The first-order valence-corrected chi connectivity index (χ1v) is 7.26. The van der Waals surface area contributed by atoms with E-state index in [1.807, 2.05) is 13.0 Å². The average Bonchev–Trinajstić information content (AvgIpc) is 2.81. The van der Waals surface area contributed by atoms with Gasteiger partial charge in [0.2, 0.25) is 0 Å². The number of hydrogen-bond donors (Lipinski definition) is 2. The van der Waals surface area contributed by atoms with Crippen LogP contribution in [0.1, 0.15) is 32.5 Å². The Labute approximate surface area is 115 Å². The number of likely N-dealkylation sites (tertiary alicyclic amines) is 1. The molecule has 1 aromatic heterocycles. The molecule has 0 saturated carbocycles. The van der Waals surface area contributed by atoms with E-state index in [1.165, 1.54) is 25.9 Å². The van der Waals surface area contributed by atoms with Gasteiger partial charge in [-0.2, -0.15) is 0 Å². The van der Waals surface area contributed by atoms with Crippen LogP contribution in [0.3, 0.4) is 0 Å². The Morgan fingerprint density at radius 3 is 2.63 bits per heavy atom. The van der Waals surface area contributed by atoms with Crippen molar-refractivity contribution in [3.05, 3.63) is 11.9 Å². The molecule has 1 aliphatic rings. The SMILES string of the molecule is CCNc1cc(NC(C)CN2CCCC2)nc(C)n1. The molecule has 1 atom stereocenters. The van der Waals surface area contributed by atoms with Crippen LogP contribution in [0.4, 0.5) is 11.6 Å². The van der Waals surface area contributed by atoms with Gasteiger partial charge in [-0.1, -0.05) is 0 Å². The Morgan fingerprint density at radius 1 is 1.26 bits per heavy atom. The van der Waals surface area contributed by atoms with Gasteiger partial charge in [-0.05, 0) is 46.7 Å². The highest BCUT2D eigenvalue weighted by Crippen LogP contribution is 2.13. The third-order valence-corrected chi connectivity index (χ3v) is 3.32. The lowest BCUT2D eigenvalue weighted by molar-refractivity contribution is 0.327. The molecule has 1 saturated heterocycles. The molecule has 5 nitrogen and oxygen atoms in total. The highest BCUT2D eigenvalue weighted by molar-refractivity contribution is 5.47. The second kappa shape index (κ2) is 6.70. The summed E-state index contributed by atoms with van der Waals surface area (Å²) >= 11 is 0. The van der Waals surface area contributed by atoms with Gasteiger partial charge in [0.05, 0.1) is 0 Å². The number of aryl methyl sites for hydroxylation is 1. The summed E-state index contributed by atoms with van der Waals surface area (Å²) in [6, 6.07) is 2.39. The number of nitrogens with zero attached hydrogens (tertiary/aromatic N) is 3. The first-order chi connectivity index (χ1) is 9.17. The third-order valence-electron chi connectivity index (χ3n) is 3.32. The summed E-state index contributed by atoms with van der Waals surface area (Å²) in [4.78, 5) is 11.3. The number of nitrogens with one attached hydrogen (secondary N) is 2. The van der Waals surface area contributed by atoms with Crippen molar-refractivity contribution in [2.45, 2.75) is 39.7 Å². The lowest BCUT2D eigenvalue weighted by atomic mass is 10.3. The minimum atomic E-state index is 0.405. The monoisotopic (exact) mass is 263 g/mol. The molecule has 106 valence electrons. The molecule has 0 spiro atoms. The van der Waals surface area contributed by atoms with Crippen LogP contribution in [0.15, 0.2) is 6.07 Å². The van der Waals surface area contributed by atoms with Crippen LogP contribution in [0, 0.1) is 6.92 Å². The van der Waals surface area contributed by atoms with E-state index in [9.17, 15) is 0 Å². The highest BCUT2D eigenvalue weighted by atomic mass is 15.2. The van der Waals surface area contributed by atoms with Crippen LogP contribution in [0.25, 0.3) is 0 Å². The molecule has 2 rings (SSSR count). The predicted octanol–water partition coefficient (Wildman–Crippen LogP) is 2.11. The molecule has 0 radical (unpaired) electrons. The molecule has 2 heterocycles. The fraction of sp³-hybridized carbons (Fsp3) is 0.714. The van der Waals surface area contributed by atoms with Crippen molar-refractivity contribution in [2.75, 3.05) is 36.8 Å². The van der Waals surface area contributed by atoms with Crippen LogP contribution in [-0.4, -0.2) is 47.1 Å². The second-order valence-corrected chi connectivity index (χ2v) is 5.27. The molecule has 0 aromatic carbocycles. The van der Waals surface area contributed by atoms with E-state index >= 15 is 0 Å². The first-order valence-electron chi connectivity index (χ1n) is 7.26. The van der Waals surface area contributed by atoms with Crippen molar-refractivity contribution in [3.8, 4) is 0 Å². The van der Waals surface area contributed by atoms with Gasteiger partial charge in [0.25, 0.3) is 0 Å². The van der Waals surface area contributed by atoms with E-state index in [0.717, 1.165) is 30.5 Å². The van der Waals surface area contributed by atoms with Gasteiger partial charge in [0, 0.05) is 25.2 Å². The summed E-state index contributed by atoms with van der Waals surface area (Å²) in [5.41, 5.74) is 0. The lowest BCUT2D eigenvalue weighted by Gasteiger charge is -2.21. The standard InChI is InChI=1S/C14H25N5/c1-4-15-13-9-14(18-12(3)17-13)16-11(2)10-19-7-5-6-8-19/h9,11H,4-8,10H2,1-3H3,(H2,15,16,17,18). The molecule has 5 heteroatoms. The lowest BCUT2D eigenvalue weighted by Crippen LogP contribution is -2.33. The molecule has 1 aliphatic heterocycles. The Morgan fingerprint density at radius 2 is 1.95 bits per heavy atom. The van der Waals surface area contributed by atoms with E-state index in [2.05, 4.69) is 39.3 Å². The Kier molecular flexibility index (Phi) is 4.96. The van der Waals surface area contributed by atoms with Gasteiger partial charge < -0.3 is 15.5 Å². The Bertz CT molecular complexity index is 401. The molecule has 1 fully saturated rings. The largest absolute Gasteiger partial charge is 0.370 e. The fourth-order valence-corrected chi connectivity index (χ4v) is 2.56. The zero-order valence-corrected chi connectivity index (χ0v) is 12.2. The van der Waals surface area contributed by atoms with E-state index in [0.29, 0.717) is 6.04 Å². The smallest absolute Gasteiger partial charge is 0.132 e. The van der Waals surface area contributed by atoms with Crippen molar-refractivity contribution in [1.82, 2.24) is 14.9 Å². The van der Waals surface area contributed by atoms with Crippen LogP contribution in [0.5, 0.6) is 0 Å². The summed E-state index contributed by atoms with van der Waals surface area (Å²) in [5.74, 6) is 2.61. The molecule has 0 aliphatic carbocycles. The van der Waals surface area contributed by atoms with Crippen LogP contribution in [0.2, 0.25) is 0 Å². The maximum Gasteiger partial charge on any atom is 0.132 e. The maximum atomic E-state index is 4.45. The average molecular weight is 263 g/mol. The summed E-state index contributed by atoms with van der Waals surface area (Å²) in [7, 11) is 0. The Hall–Kier alpha value is -1.36. The second-order valence-electron chi connectivity index (χ2n) is 5.27. The molecule has 2 N–H and O–H groups in total. The topological polar surface area (TPSA) is 53.1 Å². The van der Waals surface area contributed by atoms with E-state index in [-0.39, 0.29) is 0 Å². The van der Waals surface area contributed by atoms with Gasteiger partial charge >= 0.3 is 0 Å². The van der Waals surface area contributed by atoms with Crippen LogP contribution < -0.4 is 10.6 Å². The van der Waals surface area contributed by atoms with Gasteiger partial charge in [0.1, 0.15) is 17.5 Å². The summed E-state index contributed by atoms with van der Waals surface area (Å²) in [6.07, 6.45) is 2.67. The minimum absolute atomic E-state index is 0.405. The number of aromatic nitrogens is 2. The normalized spacial score (nSPS) is 17.4. The zero-order valence-electron chi connectivity index (χ0n) is 12.2. The third kappa shape index (κ3) is 4.35. The molecule has 19 heavy (non-hydrogen) atoms. The minimum Gasteiger partial charge on any atom is -0.370 e. The maximum absolute atomic E-state index is 4.45. The van der Waals surface area contributed by atoms with E-state index < -0.39 is 0 Å². The Balaban J connectivity index is 1.93. The molecule has 0 amide bonds. The zero-order chi connectivity index (χ0) is 13.7. The van der Waals surface area contributed by atoms with Crippen LogP contribution >= 0.6 is 0 Å². The summed E-state index contributed by atoms with van der Waals surface area (Å²) in [6.45, 7) is 10.6. The molecule has 1 aromatic rings.